The molecule has 0 radical (unpaired) electrons. The zero-order chi connectivity index (χ0) is 14.4. The summed E-state index contributed by atoms with van der Waals surface area (Å²) in [6, 6.07) is 0. The first-order valence-electron chi connectivity index (χ1n) is 7.93. The van der Waals surface area contributed by atoms with Gasteiger partial charge in [-0.05, 0) is 50.3 Å². The van der Waals surface area contributed by atoms with E-state index in [1.165, 1.54) is 12.8 Å². The molecule has 5 heteroatoms. The van der Waals surface area contributed by atoms with E-state index in [-0.39, 0.29) is 5.91 Å². The van der Waals surface area contributed by atoms with E-state index in [4.69, 9.17) is 10.5 Å². The Labute approximate surface area is 126 Å². The quantitative estimate of drug-likeness (QED) is 0.754. The van der Waals surface area contributed by atoms with E-state index in [0.717, 1.165) is 56.4 Å². The number of nitrogens with two attached hydrogens (primary N) is 1. The lowest BCUT2D eigenvalue weighted by atomic mass is 9.84. The van der Waals surface area contributed by atoms with E-state index in [1.807, 2.05) is 0 Å². The van der Waals surface area contributed by atoms with Crippen LogP contribution in [0.1, 0.15) is 45.4 Å². The molecule has 116 valence electrons. The maximum absolute atomic E-state index is 11.9. The normalized spacial score (nSPS) is 31.6. The molecule has 0 spiro atoms. The van der Waals surface area contributed by atoms with Crippen LogP contribution in [0.2, 0.25) is 0 Å². The van der Waals surface area contributed by atoms with E-state index in [1.54, 1.807) is 0 Å². The van der Waals surface area contributed by atoms with E-state index in [2.05, 4.69) is 24.0 Å². The Morgan fingerprint density at radius 2 is 2.15 bits per heavy atom. The van der Waals surface area contributed by atoms with Gasteiger partial charge in [0, 0.05) is 18.5 Å². The lowest BCUT2D eigenvalue weighted by Gasteiger charge is -2.33. The van der Waals surface area contributed by atoms with Gasteiger partial charge in [-0.25, -0.2) is 0 Å². The number of hydrogen-bond acceptors (Lipinski definition) is 4. The van der Waals surface area contributed by atoms with Gasteiger partial charge in [0.25, 0.3) is 0 Å². The van der Waals surface area contributed by atoms with Gasteiger partial charge in [0.05, 0.1) is 0 Å². The highest BCUT2D eigenvalue weighted by Gasteiger charge is 2.46. The number of carbonyl (C=O) groups excluding carboxylic acids is 1. The molecule has 1 amide bonds. The predicted molar refractivity (Wildman–Crippen MR) is 83.9 cm³/mol. The van der Waals surface area contributed by atoms with Crippen molar-refractivity contribution in [3.63, 3.8) is 0 Å². The molecule has 3 N–H and O–H groups in total. The summed E-state index contributed by atoms with van der Waals surface area (Å²) >= 11 is 2.05. The average Bonchev–Trinajstić information content (AvgIpc) is 2.85. The topological polar surface area (TPSA) is 64.3 Å². The van der Waals surface area contributed by atoms with Crippen molar-refractivity contribution in [1.29, 1.82) is 0 Å². The fraction of sp³-hybridized carbons (Fsp3) is 0.933. The van der Waals surface area contributed by atoms with E-state index < -0.39 is 5.54 Å². The van der Waals surface area contributed by atoms with Crippen LogP contribution in [0.3, 0.4) is 0 Å². The summed E-state index contributed by atoms with van der Waals surface area (Å²) in [6.45, 7) is 4.68. The molecule has 1 heterocycles. The summed E-state index contributed by atoms with van der Waals surface area (Å²) in [7, 11) is 0. The van der Waals surface area contributed by atoms with Gasteiger partial charge >= 0.3 is 0 Å². The second-order valence-corrected chi connectivity index (χ2v) is 7.33. The Morgan fingerprint density at radius 3 is 2.80 bits per heavy atom. The molecule has 2 atom stereocenters. The number of hydrogen-bond donors (Lipinski definition) is 2. The standard InChI is InChI=1S/C15H28N2O2S/c1-2-17-15(14(16)18)8-3-4-12(15)7-11-20-13-5-9-19-10-6-13/h12-13,17H,2-11H2,1H3,(H2,16,18). The van der Waals surface area contributed by atoms with Crippen molar-refractivity contribution in [2.75, 3.05) is 25.5 Å². The number of rotatable bonds is 7. The molecule has 20 heavy (non-hydrogen) atoms. The van der Waals surface area contributed by atoms with Gasteiger partial charge in [-0.1, -0.05) is 13.3 Å². The van der Waals surface area contributed by atoms with Crippen molar-refractivity contribution in [3.05, 3.63) is 0 Å². The lowest BCUT2D eigenvalue weighted by Crippen LogP contribution is -2.57. The van der Waals surface area contributed by atoms with Gasteiger partial charge in [-0.3, -0.25) is 4.79 Å². The van der Waals surface area contributed by atoms with E-state index >= 15 is 0 Å². The molecule has 1 saturated heterocycles. The number of thioether (sulfide) groups is 1. The van der Waals surface area contributed by atoms with Crippen molar-refractivity contribution in [2.24, 2.45) is 11.7 Å². The fourth-order valence-corrected chi connectivity index (χ4v) is 4.93. The van der Waals surface area contributed by atoms with Crippen LogP contribution < -0.4 is 11.1 Å². The molecule has 1 aliphatic carbocycles. The molecule has 4 nitrogen and oxygen atoms in total. The maximum atomic E-state index is 11.9. The first-order chi connectivity index (χ1) is 9.69. The summed E-state index contributed by atoms with van der Waals surface area (Å²) < 4.78 is 5.39. The fourth-order valence-electron chi connectivity index (χ4n) is 3.65. The molecule has 2 fully saturated rings. The SMILES string of the molecule is CCNC1(C(N)=O)CCCC1CCSC1CCOCC1. The van der Waals surface area contributed by atoms with Crippen LogP contribution in [0.5, 0.6) is 0 Å². The van der Waals surface area contributed by atoms with Gasteiger partial charge in [-0.15, -0.1) is 0 Å². The molecule has 2 unspecified atom stereocenters. The largest absolute Gasteiger partial charge is 0.381 e. The summed E-state index contributed by atoms with van der Waals surface area (Å²) in [5.74, 6) is 1.39. The molecule has 0 aromatic carbocycles. The molecule has 0 bridgehead atoms. The van der Waals surface area contributed by atoms with Crippen molar-refractivity contribution in [1.82, 2.24) is 5.32 Å². The molecule has 1 saturated carbocycles. The van der Waals surface area contributed by atoms with Crippen LogP contribution in [-0.4, -0.2) is 42.2 Å². The van der Waals surface area contributed by atoms with Gasteiger partial charge in [0.2, 0.25) is 5.91 Å². The summed E-state index contributed by atoms with van der Waals surface area (Å²) in [5.41, 5.74) is 5.26. The average molecular weight is 300 g/mol. The summed E-state index contributed by atoms with van der Waals surface area (Å²) in [4.78, 5) is 11.9. The maximum Gasteiger partial charge on any atom is 0.238 e. The zero-order valence-corrected chi connectivity index (χ0v) is 13.3. The number of primary amides is 1. The van der Waals surface area contributed by atoms with E-state index in [9.17, 15) is 4.79 Å². The van der Waals surface area contributed by atoms with Crippen LogP contribution in [0, 0.1) is 5.92 Å². The highest BCUT2D eigenvalue weighted by Crippen LogP contribution is 2.39. The van der Waals surface area contributed by atoms with Crippen molar-refractivity contribution in [2.45, 2.75) is 56.2 Å². The minimum atomic E-state index is -0.439. The Balaban J connectivity index is 1.82. The Kier molecular flexibility index (Phi) is 6.18. The highest BCUT2D eigenvalue weighted by atomic mass is 32.2. The Bertz CT molecular complexity index is 321. The van der Waals surface area contributed by atoms with Crippen molar-refractivity contribution < 1.29 is 9.53 Å². The predicted octanol–water partition coefficient (Wildman–Crippen LogP) is 1.92. The van der Waals surface area contributed by atoms with Crippen LogP contribution in [0.4, 0.5) is 0 Å². The molecular weight excluding hydrogens is 272 g/mol. The minimum Gasteiger partial charge on any atom is -0.381 e. The summed E-state index contributed by atoms with van der Waals surface area (Å²) in [5, 5.41) is 4.13. The van der Waals surface area contributed by atoms with Gasteiger partial charge in [0.1, 0.15) is 5.54 Å². The second-order valence-electron chi connectivity index (χ2n) is 5.93. The van der Waals surface area contributed by atoms with Gasteiger partial charge < -0.3 is 15.8 Å². The number of nitrogens with one attached hydrogen (secondary N) is 1. The first kappa shape index (κ1) is 16.1. The third kappa shape index (κ3) is 3.68. The Hall–Kier alpha value is -0.260. The molecular formula is C15H28N2O2S. The first-order valence-corrected chi connectivity index (χ1v) is 8.98. The lowest BCUT2D eigenvalue weighted by molar-refractivity contribution is -0.125. The zero-order valence-electron chi connectivity index (χ0n) is 12.5. The minimum absolute atomic E-state index is 0.155. The van der Waals surface area contributed by atoms with Crippen LogP contribution in [-0.2, 0) is 9.53 Å². The number of ether oxygens (including phenoxy) is 1. The molecule has 0 aromatic rings. The number of amides is 1. The van der Waals surface area contributed by atoms with Gasteiger partial charge in [-0.2, -0.15) is 11.8 Å². The van der Waals surface area contributed by atoms with Crippen LogP contribution >= 0.6 is 11.8 Å². The van der Waals surface area contributed by atoms with E-state index in [0.29, 0.717) is 5.92 Å². The number of likely N-dealkylation sites (N-methyl/N-ethyl adjacent to an activating group) is 1. The summed E-state index contributed by atoms with van der Waals surface area (Å²) in [6.07, 6.45) is 6.58. The molecule has 0 aromatic heterocycles. The van der Waals surface area contributed by atoms with Crippen LogP contribution in [0.15, 0.2) is 0 Å². The molecule has 2 aliphatic rings. The molecule has 2 rings (SSSR count). The highest BCUT2D eigenvalue weighted by molar-refractivity contribution is 7.99. The van der Waals surface area contributed by atoms with Crippen molar-refractivity contribution >= 4 is 17.7 Å². The van der Waals surface area contributed by atoms with Crippen molar-refractivity contribution in [3.8, 4) is 0 Å². The van der Waals surface area contributed by atoms with Crippen LogP contribution in [0.25, 0.3) is 0 Å². The number of carbonyl (C=O) groups is 1. The molecule has 1 aliphatic heterocycles. The van der Waals surface area contributed by atoms with Gasteiger partial charge in [0.15, 0.2) is 0 Å². The monoisotopic (exact) mass is 300 g/mol. The third-order valence-electron chi connectivity index (χ3n) is 4.74. The second kappa shape index (κ2) is 7.66. The smallest absolute Gasteiger partial charge is 0.238 e. The Morgan fingerprint density at radius 1 is 1.40 bits per heavy atom. The third-order valence-corrected chi connectivity index (χ3v) is 6.15.